The number of ether oxygens (including phenoxy) is 1. The molecule has 1 atom stereocenters. The number of benzene rings is 1. The molecule has 10 heteroatoms. The highest BCUT2D eigenvalue weighted by Gasteiger charge is 2.44. The van der Waals surface area contributed by atoms with Gasteiger partial charge in [-0.25, -0.2) is 18.6 Å². The monoisotopic (exact) mass is 562 g/mol. The van der Waals surface area contributed by atoms with E-state index in [2.05, 4.69) is 47.1 Å². The molecular formula is C31H36F2N6O2. The van der Waals surface area contributed by atoms with E-state index in [-0.39, 0.29) is 29.6 Å². The molecule has 3 fully saturated rings. The number of pyridine rings is 1. The second-order valence-electron chi connectivity index (χ2n) is 11.8. The average molecular weight is 563 g/mol. The van der Waals surface area contributed by atoms with E-state index in [1.807, 2.05) is 14.7 Å². The van der Waals surface area contributed by atoms with Gasteiger partial charge < -0.3 is 14.5 Å². The number of methoxy groups -OCH3 is 1. The second kappa shape index (κ2) is 10.3. The fourth-order valence-electron chi connectivity index (χ4n) is 6.69. The summed E-state index contributed by atoms with van der Waals surface area (Å²) in [5.74, 6) is 1.56. The van der Waals surface area contributed by atoms with E-state index in [9.17, 15) is 13.6 Å². The van der Waals surface area contributed by atoms with Crippen LogP contribution in [0.15, 0.2) is 42.7 Å². The van der Waals surface area contributed by atoms with Gasteiger partial charge in [-0.2, -0.15) is 5.10 Å². The van der Waals surface area contributed by atoms with Crippen molar-refractivity contribution in [3.05, 3.63) is 65.0 Å². The zero-order valence-corrected chi connectivity index (χ0v) is 23.5. The van der Waals surface area contributed by atoms with Crippen LogP contribution in [0.25, 0.3) is 0 Å². The molecule has 4 heterocycles. The molecular weight excluding hydrogens is 526 g/mol. The quantitative estimate of drug-likeness (QED) is 0.309. The summed E-state index contributed by atoms with van der Waals surface area (Å²) < 4.78 is 35.2. The van der Waals surface area contributed by atoms with E-state index in [1.54, 1.807) is 0 Å². The van der Waals surface area contributed by atoms with Crippen LogP contribution in [-0.2, 0) is 6.54 Å². The molecule has 2 aliphatic heterocycles. The topological polar surface area (TPSA) is 66.7 Å². The number of hydrogen-bond acceptors (Lipinski definition) is 5. The number of alkyl halides is 2. The van der Waals surface area contributed by atoms with Crippen LogP contribution in [0.1, 0.15) is 92.1 Å². The van der Waals surface area contributed by atoms with Crippen molar-refractivity contribution in [2.45, 2.75) is 82.5 Å². The van der Waals surface area contributed by atoms with Gasteiger partial charge in [-0.3, -0.25) is 9.58 Å². The standard InChI is InChI=1S/C31H36F2N6O2/c1-19-26-18-38(22-9-10-22)35-29(26)37(17-21-5-3-4-6-24(21)20-7-8-20)31(40)39(19)23-12-15-36(16-13-23)27-25(28(32)33)11-14-34-30(27)41-2/h3-6,11,14,18-20,22-23,28H,7-10,12-13,15-17H2,1-2H3/t19-/m0/s1. The van der Waals surface area contributed by atoms with Crippen molar-refractivity contribution in [2.24, 2.45) is 0 Å². The molecule has 1 aromatic carbocycles. The van der Waals surface area contributed by atoms with Crippen LogP contribution in [0.5, 0.6) is 5.88 Å². The fraction of sp³-hybridized carbons (Fsp3) is 0.516. The zero-order chi connectivity index (χ0) is 28.2. The molecule has 2 amide bonds. The minimum Gasteiger partial charge on any atom is -0.480 e. The average Bonchev–Trinajstić information content (AvgIpc) is 3.93. The maximum atomic E-state index is 14.3. The van der Waals surface area contributed by atoms with Crippen molar-refractivity contribution in [2.75, 3.05) is 30.0 Å². The number of hydrogen-bond donors (Lipinski definition) is 0. The van der Waals surface area contributed by atoms with Gasteiger partial charge in [0.15, 0.2) is 5.82 Å². The first kappa shape index (κ1) is 26.2. The number of anilines is 2. The van der Waals surface area contributed by atoms with Crippen molar-refractivity contribution >= 4 is 17.5 Å². The van der Waals surface area contributed by atoms with Crippen molar-refractivity contribution in [3.63, 3.8) is 0 Å². The number of rotatable bonds is 8. The lowest BCUT2D eigenvalue weighted by Gasteiger charge is -2.46. The number of urea groups is 1. The number of piperidine rings is 1. The molecule has 8 nitrogen and oxygen atoms in total. The highest BCUT2D eigenvalue weighted by molar-refractivity contribution is 5.94. The molecule has 2 saturated carbocycles. The molecule has 0 radical (unpaired) electrons. The van der Waals surface area contributed by atoms with Crippen LogP contribution in [0.2, 0.25) is 0 Å². The van der Waals surface area contributed by atoms with Gasteiger partial charge >= 0.3 is 6.03 Å². The largest absolute Gasteiger partial charge is 0.480 e. The summed E-state index contributed by atoms with van der Waals surface area (Å²) in [6.45, 7) is 3.65. The Bertz CT molecular complexity index is 1440. The molecule has 2 aromatic heterocycles. The van der Waals surface area contributed by atoms with E-state index >= 15 is 0 Å². The third-order valence-corrected chi connectivity index (χ3v) is 9.16. The van der Waals surface area contributed by atoms with Crippen molar-refractivity contribution < 1.29 is 18.3 Å². The van der Waals surface area contributed by atoms with Crippen molar-refractivity contribution in [3.8, 4) is 5.88 Å². The number of nitrogens with zero attached hydrogens (tertiary/aromatic N) is 6. The smallest absolute Gasteiger partial charge is 0.326 e. The molecule has 4 aliphatic rings. The summed E-state index contributed by atoms with van der Waals surface area (Å²) in [5.41, 5.74) is 3.88. The molecule has 0 spiro atoms. The summed E-state index contributed by atoms with van der Waals surface area (Å²) in [4.78, 5) is 24.4. The maximum Gasteiger partial charge on any atom is 0.326 e. The molecule has 2 aliphatic carbocycles. The van der Waals surface area contributed by atoms with Gasteiger partial charge in [0.1, 0.15) is 5.69 Å². The molecule has 7 rings (SSSR count). The van der Waals surface area contributed by atoms with Crippen LogP contribution < -0.4 is 14.5 Å². The summed E-state index contributed by atoms with van der Waals surface area (Å²) >= 11 is 0. The molecule has 0 bridgehead atoms. The Morgan fingerprint density at radius 1 is 1.00 bits per heavy atom. The number of carbonyl (C=O) groups excluding carboxylic acids is 1. The Labute approximate surface area is 238 Å². The van der Waals surface area contributed by atoms with Crippen molar-refractivity contribution in [1.29, 1.82) is 0 Å². The van der Waals surface area contributed by atoms with Crippen LogP contribution in [0.4, 0.5) is 25.1 Å². The number of amides is 2. The van der Waals surface area contributed by atoms with Gasteiger partial charge in [0, 0.05) is 42.7 Å². The lowest BCUT2D eigenvalue weighted by molar-refractivity contribution is 0.135. The maximum absolute atomic E-state index is 14.3. The molecule has 0 unspecified atom stereocenters. The first-order valence-corrected chi connectivity index (χ1v) is 14.8. The summed E-state index contributed by atoms with van der Waals surface area (Å²) in [7, 11) is 1.46. The predicted octanol–water partition coefficient (Wildman–Crippen LogP) is 6.61. The van der Waals surface area contributed by atoms with Gasteiger partial charge in [0.2, 0.25) is 5.88 Å². The second-order valence-corrected chi connectivity index (χ2v) is 11.8. The van der Waals surface area contributed by atoms with E-state index in [1.165, 1.54) is 43.3 Å². The highest BCUT2D eigenvalue weighted by atomic mass is 19.3. The van der Waals surface area contributed by atoms with E-state index < -0.39 is 6.43 Å². The van der Waals surface area contributed by atoms with Crippen molar-refractivity contribution in [1.82, 2.24) is 19.7 Å². The Hall–Kier alpha value is -3.69. The molecule has 3 aromatic rings. The number of fused-ring (bicyclic) bond motifs is 1. The highest BCUT2D eigenvalue weighted by Crippen LogP contribution is 2.46. The van der Waals surface area contributed by atoms with E-state index in [0.717, 1.165) is 24.2 Å². The lowest BCUT2D eigenvalue weighted by atomic mass is 9.96. The summed E-state index contributed by atoms with van der Waals surface area (Å²) in [5, 5.41) is 4.95. The zero-order valence-electron chi connectivity index (χ0n) is 23.5. The van der Waals surface area contributed by atoms with Gasteiger partial charge in [0.25, 0.3) is 6.43 Å². The summed E-state index contributed by atoms with van der Waals surface area (Å²) in [6.07, 6.45) is 6.83. The first-order valence-electron chi connectivity index (χ1n) is 14.8. The van der Waals surface area contributed by atoms with E-state index in [0.29, 0.717) is 50.1 Å². The Kier molecular flexibility index (Phi) is 6.59. The van der Waals surface area contributed by atoms with Crippen LogP contribution in [0, 0.1) is 0 Å². The molecule has 41 heavy (non-hydrogen) atoms. The van der Waals surface area contributed by atoms with Gasteiger partial charge in [-0.1, -0.05) is 24.3 Å². The number of halogens is 2. The van der Waals surface area contributed by atoms with Gasteiger partial charge in [0.05, 0.1) is 25.7 Å². The van der Waals surface area contributed by atoms with Crippen LogP contribution in [-0.4, -0.2) is 51.9 Å². The van der Waals surface area contributed by atoms with Gasteiger partial charge in [-0.15, -0.1) is 0 Å². The Balaban J connectivity index is 1.17. The molecule has 0 N–H and O–H groups in total. The normalized spacial score (nSPS) is 21.5. The molecule has 216 valence electrons. The third-order valence-electron chi connectivity index (χ3n) is 9.16. The SMILES string of the molecule is COc1nccc(C(F)F)c1N1CCC(N2C(=O)N(Cc3ccccc3C3CC3)c3nn(C4CC4)cc3[C@@H]2C)CC1. The molecule has 1 saturated heterocycles. The number of aromatic nitrogens is 3. The first-order chi connectivity index (χ1) is 19.9. The predicted molar refractivity (Wildman–Crippen MR) is 152 cm³/mol. The third kappa shape index (κ3) is 4.71. The lowest BCUT2D eigenvalue weighted by Crippen LogP contribution is -2.55. The minimum absolute atomic E-state index is 0.0231. The van der Waals surface area contributed by atoms with Crippen LogP contribution >= 0.6 is 0 Å². The Morgan fingerprint density at radius 3 is 2.44 bits per heavy atom. The fourth-order valence-corrected chi connectivity index (χ4v) is 6.69. The summed E-state index contributed by atoms with van der Waals surface area (Å²) in [6, 6.07) is 10.1. The minimum atomic E-state index is -2.63. The van der Waals surface area contributed by atoms with Gasteiger partial charge in [-0.05, 0) is 68.6 Å². The number of carbonyl (C=O) groups is 1. The van der Waals surface area contributed by atoms with E-state index in [4.69, 9.17) is 9.84 Å². The Morgan fingerprint density at radius 2 is 1.76 bits per heavy atom. The van der Waals surface area contributed by atoms with Crippen LogP contribution in [0.3, 0.4) is 0 Å².